The van der Waals surface area contributed by atoms with Gasteiger partial charge in [0.25, 0.3) is 0 Å². The number of hydrogen-bond donors (Lipinski definition) is 4. The predicted molar refractivity (Wildman–Crippen MR) is 154 cm³/mol. The molecule has 200 valence electrons. The summed E-state index contributed by atoms with van der Waals surface area (Å²) >= 11 is 13.2. The number of ether oxygens (including phenoxy) is 2. The van der Waals surface area contributed by atoms with Crippen LogP contribution >= 0.6 is 23.2 Å². The summed E-state index contributed by atoms with van der Waals surface area (Å²) in [6, 6.07) is 15.3. The fraction of sp³-hybridized carbons (Fsp3) is 0.321. The summed E-state index contributed by atoms with van der Waals surface area (Å²) < 4.78 is 10.8. The van der Waals surface area contributed by atoms with Gasteiger partial charge in [-0.1, -0.05) is 41.4 Å². The monoisotopic (exact) mass is 555 g/mol. The topological polar surface area (TPSA) is 94.7 Å². The molecule has 1 fully saturated rings. The number of aromatic amines is 1. The van der Waals surface area contributed by atoms with Gasteiger partial charge in [-0.3, -0.25) is 5.10 Å². The van der Waals surface area contributed by atoms with E-state index in [-0.39, 0.29) is 5.54 Å². The van der Waals surface area contributed by atoms with E-state index in [2.05, 4.69) is 39.6 Å². The Bertz CT molecular complexity index is 1430. The van der Waals surface area contributed by atoms with Crippen LogP contribution in [0.1, 0.15) is 25.6 Å². The second-order valence-electron chi connectivity index (χ2n) is 9.99. The number of piperazine rings is 1. The van der Waals surface area contributed by atoms with Gasteiger partial charge in [0.1, 0.15) is 11.5 Å². The van der Waals surface area contributed by atoms with Crippen molar-refractivity contribution in [3.05, 3.63) is 64.1 Å². The smallest absolute Gasteiger partial charge is 0.157 e. The number of hydrogen-bond acceptors (Lipinski definition) is 7. The van der Waals surface area contributed by atoms with Crippen LogP contribution in [0.4, 0.5) is 11.5 Å². The normalized spacial score (nSPS) is 15.9. The van der Waals surface area contributed by atoms with Gasteiger partial charge in [-0.2, -0.15) is 5.10 Å². The number of H-pyrrole nitrogens is 1. The molecule has 3 aromatic carbocycles. The fourth-order valence-electron chi connectivity index (χ4n) is 4.87. The Morgan fingerprint density at radius 3 is 2.34 bits per heavy atom. The Balaban J connectivity index is 1.37. The zero-order valence-corrected chi connectivity index (χ0v) is 23.2. The second-order valence-corrected chi connectivity index (χ2v) is 10.7. The second kappa shape index (κ2) is 10.5. The van der Waals surface area contributed by atoms with Crippen LogP contribution in [0.2, 0.25) is 10.0 Å². The lowest BCUT2D eigenvalue weighted by Gasteiger charge is -2.40. The molecule has 5 rings (SSSR count). The first-order valence-electron chi connectivity index (χ1n) is 12.3. The predicted octanol–water partition coefficient (Wildman–Crippen LogP) is 5.85. The number of aliphatic hydroxyl groups is 1. The molecule has 0 saturated carbocycles. The van der Waals surface area contributed by atoms with E-state index in [1.165, 1.54) is 0 Å². The Hall–Kier alpha value is -3.17. The maximum absolute atomic E-state index is 10.9. The summed E-state index contributed by atoms with van der Waals surface area (Å²) in [7, 11) is 3.08. The molecule has 38 heavy (non-hydrogen) atoms. The van der Waals surface area contributed by atoms with E-state index < -0.39 is 6.23 Å². The molecule has 1 unspecified atom stereocenters. The van der Waals surface area contributed by atoms with Crippen molar-refractivity contribution in [1.29, 1.82) is 0 Å². The summed E-state index contributed by atoms with van der Waals surface area (Å²) in [6.07, 6.45) is -0.929. The third kappa shape index (κ3) is 5.09. The largest absolute Gasteiger partial charge is 0.495 e. The lowest BCUT2D eigenvalue weighted by molar-refractivity contribution is 0.208. The van der Waals surface area contributed by atoms with Crippen LogP contribution in [0.5, 0.6) is 11.5 Å². The van der Waals surface area contributed by atoms with Crippen LogP contribution in [0.3, 0.4) is 0 Å². The van der Waals surface area contributed by atoms with E-state index in [0.29, 0.717) is 32.9 Å². The fourth-order valence-corrected chi connectivity index (χ4v) is 5.59. The number of halogens is 2. The van der Waals surface area contributed by atoms with E-state index in [0.717, 1.165) is 47.4 Å². The number of nitrogens with zero attached hydrogens (tertiary/aromatic N) is 2. The molecular weight excluding hydrogens is 525 g/mol. The molecule has 1 aliphatic rings. The molecule has 1 saturated heterocycles. The molecule has 1 aromatic heterocycles. The average molecular weight is 556 g/mol. The number of aliphatic hydroxyl groups excluding tert-OH is 1. The van der Waals surface area contributed by atoms with E-state index in [1.807, 2.05) is 42.5 Å². The first-order chi connectivity index (χ1) is 18.2. The van der Waals surface area contributed by atoms with Crippen LogP contribution < -0.4 is 25.0 Å². The minimum absolute atomic E-state index is 0.0637. The highest BCUT2D eigenvalue weighted by Crippen LogP contribution is 2.46. The van der Waals surface area contributed by atoms with Crippen LogP contribution in [0.25, 0.3) is 22.0 Å². The molecule has 0 aliphatic carbocycles. The van der Waals surface area contributed by atoms with E-state index in [1.54, 1.807) is 20.3 Å². The molecule has 2 heterocycles. The van der Waals surface area contributed by atoms with Gasteiger partial charge in [-0.25, -0.2) is 0 Å². The van der Waals surface area contributed by atoms with Crippen molar-refractivity contribution in [2.45, 2.75) is 25.6 Å². The lowest BCUT2D eigenvalue weighted by atomic mass is 10.0. The summed E-state index contributed by atoms with van der Waals surface area (Å²) in [5.41, 5.74) is 4.07. The Labute approximate surface area is 231 Å². The minimum Gasteiger partial charge on any atom is -0.495 e. The van der Waals surface area contributed by atoms with E-state index in [9.17, 15) is 5.11 Å². The number of nitrogens with one attached hydrogen (secondary N) is 3. The van der Waals surface area contributed by atoms with Crippen LogP contribution in [0, 0.1) is 0 Å². The molecular formula is C28H31Cl2N5O3. The highest BCUT2D eigenvalue weighted by Gasteiger charge is 2.26. The molecule has 4 N–H and O–H groups in total. The molecule has 10 heteroatoms. The van der Waals surface area contributed by atoms with Gasteiger partial charge in [0, 0.05) is 53.4 Å². The third-order valence-electron chi connectivity index (χ3n) is 6.84. The van der Waals surface area contributed by atoms with Gasteiger partial charge >= 0.3 is 0 Å². The lowest BCUT2D eigenvalue weighted by Crippen LogP contribution is -2.57. The van der Waals surface area contributed by atoms with Crippen LogP contribution in [-0.4, -0.2) is 54.7 Å². The van der Waals surface area contributed by atoms with Crippen molar-refractivity contribution in [3.8, 4) is 22.6 Å². The molecule has 0 spiro atoms. The zero-order chi connectivity index (χ0) is 27.0. The van der Waals surface area contributed by atoms with Crippen LogP contribution in [0.15, 0.2) is 48.5 Å². The summed E-state index contributed by atoms with van der Waals surface area (Å²) in [6.45, 7) is 7.22. The molecule has 0 amide bonds. The quantitative estimate of drug-likeness (QED) is 0.212. The molecule has 1 atom stereocenters. The van der Waals surface area contributed by atoms with Crippen molar-refractivity contribution in [2.24, 2.45) is 0 Å². The highest BCUT2D eigenvalue weighted by molar-refractivity contribution is 6.41. The molecule has 1 aliphatic heterocycles. The summed E-state index contributed by atoms with van der Waals surface area (Å²) in [4.78, 5) is 2.36. The Morgan fingerprint density at radius 2 is 1.71 bits per heavy atom. The number of methoxy groups -OCH3 is 2. The van der Waals surface area contributed by atoms with Gasteiger partial charge in [0.05, 0.1) is 29.8 Å². The molecule has 4 aromatic rings. The van der Waals surface area contributed by atoms with Gasteiger partial charge in [0.2, 0.25) is 0 Å². The van der Waals surface area contributed by atoms with Gasteiger partial charge in [0.15, 0.2) is 12.0 Å². The van der Waals surface area contributed by atoms with Crippen molar-refractivity contribution < 1.29 is 14.6 Å². The number of aromatic nitrogens is 2. The molecule has 0 bridgehead atoms. The summed E-state index contributed by atoms with van der Waals surface area (Å²) in [5, 5.41) is 26.5. The molecule has 0 radical (unpaired) electrons. The maximum Gasteiger partial charge on any atom is 0.157 e. The van der Waals surface area contributed by atoms with E-state index in [4.69, 9.17) is 32.7 Å². The molecule has 8 nitrogen and oxygen atoms in total. The van der Waals surface area contributed by atoms with Gasteiger partial charge in [-0.05, 0) is 43.7 Å². The average Bonchev–Trinajstić information content (AvgIpc) is 3.30. The number of rotatable bonds is 7. The van der Waals surface area contributed by atoms with Crippen molar-refractivity contribution in [2.75, 3.05) is 44.1 Å². The number of benzene rings is 3. The number of fused-ring (bicyclic) bond motifs is 1. The Kier molecular flexibility index (Phi) is 7.33. The minimum atomic E-state index is -0.929. The van der Waals surface area contributed by atoms with Crippen molar-refractivity contribution in [1.82, 2.24) is 15.5 Å². The standard InChI is InChI=1S/C28H31Cl2N5O3/c1-28(2)15-35(12-11-31-28)18-8-5-16(6-9-18)27(36)32-26-19-10-7-17(13-20(19)33-34-26)23-24(29)21(37-3)14-22(38-4)25(23)30/h5-10,13-14,27,31,36H,11-12,15H2,1-4H3,(H2,32,33,34). The first-order valence-corrected chi connectivity index (χ1v) is 13.1. The van der Waals surface area contributed by atoms with E-state index >= 15 is 0 Å². The van der Waals surface area contributed by atoms with Crippen molar-refractivity contribution in [3.63, 3.8) is 0 Å². The maximum atomic E-state index is 10.9. The Morgan fingerprint density at radius 1 is 1.03 bits per heavy atom. The summed E-state index contributed by atoms with van der Waals surface area (Å²) in [5.74, 6) is 1.46. The SMILES string of the molecule is COc1cc(OC)c(Cl)c(-c2ccc3c(NC(O)c4ccc(N5CCNC(C)(C)C5)cc4)n[nH]c3c2)c1Cl. The first kappa shape index (κ1) is 26.4. The van der Waals surface area contributed by atoms with Crippen molar-refractivity contribution >= 4 is 45.6 Å². The van der Waals surface area contributed by atoms with Gasteiger partial charge in [-0.15, -0.1) is 0 Å². The third-order valence-corrected chi connectivity index (χ3v) is 7.59. The number of anilines is 2. The highest BCUT2D eigenvalue weighted by atomic mass is 35.5. The zero-order valence-electron chi connectivity index (χ0n) is 21.7. The van der Waals surface area contributed by atoms with Crippen LogP contribution in [-0.2, 0) is 0 Å². The van der Waals surface area contributed by atoms with Gasteiger partial charge < -0.3 is 30.1 Å².